The molecule has 0 bridgehead atoms. The Kier molecular flexibility index (Phi) is 5.29. The molecule has 5 heteroatoms. The van der Waals surface area contributed by atoms with E-state index in [9.17, 15) is 9.18 Å². The first-order valence-corrected chi connectivity index (χ1v) is 7.30. The van der Waals surface area contributed by atoms with Crippen LogP contribution in [0.15, 0.2) is 24.3 Å². The molecule has 21 heavy (non-hydrogen) atoms. The van der Waals surface area contributed by atoms with Gasteiger partial charge in [0.2, 0.25) is 5.91 Å². The van der Waals surface area contributed by atoms with Crippen LogP contribution < -0.4 is 0 Å². The van der Waals surface area contributed by atoms with Crippen LogP contribution in [0.1, 0.15) is 18.9 Å². The van der Waals surface area contributed by atoms with Gasteiger partial charge in [-0.25, -0.2) is 4.39 Å². The maximum absolute atomic E-state index is 12.8. The minimum atomic E-state index is -0.290. The summed E-state index contributed by atoms with van der Waals surface area (Å²) in [5, 5.41) is 9.07. The van der Waals surface area contributed by atoms with Crippen LogP contribution in [-0.4, -0.2) is 47.9 Å². The average Bonchev–Trinajstić information content (AvgIpc) is 2.51. The summed E-state index contributed by atoms with van der Waals surface area (Å²) in [5.74, 6) is -0.229. The Morgan fingerprint density at radius 1 is 1.29 bits per heavy atom. The first kappa shape index (κ1) is 15.5. The number of benzene rings is 1. The normalized spacial score (nSPS) is 17.3. The van der Waals surface area contributed by atoms with Gasteiger partial charge in [0, 0.05) is 26.2 Å². The number of nitrogens with zero attached hydrogens (tertiary/aromatic N) is 3. The van der Waals surface area contributed by atoms with E-state index in [2.05, 4.69) is 11.0 Å². The molecule has 2 rings (SSSR count). The molecule has 1 saturated heterocycles. The lowest BCUT2D eigenvalue weighted by atomic mass is 10.1. The van der Waals surface area contributed by atoms with Gasteiger partial charge in [-0.2, -0.15) is 5.26 Å². The molecule has 1 aliphatic rings. The highest BCUT2D eigenvalue weighted by atomic mass is 19.1. The first-order chi connectivity index (χ1) is 10.1. The molecule has 4 nitrogen and oxygen atoms in total. The van der Waals surface area contributed by atoms with Crippen LogP contribution in [0.25, 0.3) is 0 Å². The molecule has 1 fully saturated rings. The Morgan fingerprint density at radius 3 is 2.43 bits per heavy atom. The van der Waals surface area contributed by atoms with Gasteiger partial charge in [0.15, 0.2) is 0 Å². The standard InChI is InChI=1S/C16H20FN3O/c1-2-15(12-18)19-7-9-20(10-8-19)16(21)11-13-3-5-14(17)6-4-13/h3-6,15H,2,7-11H2,1H3. The molecule has 1 unspecified atom stereocenters. The molecule has 1 amide bonds. The Bertz CT molecular complexity index is 515. The minimum absolute atomic E-state index is 0.0562. The van der Waals surface area contributed by atoms with Crippen LogP contribution >= 0.6 is 0 Å². The zero-order valence-electron chi connectivity index (χ0n) is 12.3. The Balaban J connectivity index is 1.86. The SMILES string of the molecule is CCC(C#N)N1CCN(C(=O)Cc2ccc(F)cc2)CC1. The number of rotatable bonds is 4. The summed E-state index contributed by atoms with van der Waals surface area (Å²) in [6.45, 7) is 4.78. The molecule has 1 aromatic carbocycles. The van der Waals surface area contributed by atoms with E-state index in [1.54, 1.807) is 12.1 Å². The second-order valence-electron chi connectivity index (χ2n) is 5.27. The molecule has 0 spiro atoms. The fourth-order valence-corrected chi connectivity index (χ4v) is 2.60. The van der Waals surface area contributed by atoms with Gasteiger partial charge in [0.05, 0.1) is 18.5 Å². The Morgan fingerprint density at radius 2 is 1.90 bits per heavy atom. The number of hydrogen-bond acceptors (Lipinski definition) is 3. The van der Waals surface area contributed by atoms with Crippen LogP contribution in [0, 0.1) is 17.1 Å². The lowest BCUT2D eigenvalue weighted by Gasteiger charge is -2.36. The number of amides is 1. The van der Waals surface area contributed by atoms with Crippen molar-refractivity contribution < 1.29 is 9.18 Å². The van der Waals surface area contributed by atoms with Crippen LogP contribution in [0.3, 0.4) is 0 Å². The average molecular weight is 289 g/mol. The second-order valence-corrected chi connectivity index (χ2v) is 5.27. The van der Waals surface area contributed by atoms with Gasteiger partial charge in [-0.3, -0.25) is 9.69 Å². The van der Waals surface area contributed by atoms with Crippen molar-refractivity contribution in [2.24, 2.45) is 0 Å². The summed E-state index contributed by atoms with van der Waals surface area (Å²) in [4.78, 5) is 16.2. The van der Waals surface area contributed by atoms with E-state index in [-0.39, 0.29) is 17.8 Å². The lowest BCUT2D eigenvalue weighted by molar-refractivity contribution is -0.132. The molecular weight excluding hydrogens is 269 g/mol. The highest BCUT2D eigenvalue weighted by molar-refractivity contribution is 5.78. The number of halogens is 1. The van der Waals surface area contributed by atoms with Gasteiger partial charge < -0.3 is 4.90 Å². The lowest BCUT2D eigenvalue weighted by Crippen LogP contribution is -2.51. The third-order valence-electron chi connectivity index (χ3n) is 3.91. The zero-order chi connectivity index (χ0) is 15.2. The number of carbonyl (C=O) groups is 1. The Labute approximate surface area is 124 Å². The van der Waals surface area contributed by atoms with Crippen molar-refractivity contribution in [1.82, 2.24) is 9.80 Å². The van der Waals surface area contributed by atoms with Crippen molar-refractivity contribution in [2.75, 3.05) is 26.2 Å². The van der Waals surface area contributed by atoms with Gasteiger partial charge in [0.1, 0.15) is 5.82 Å². The van der Waals surface area contributed by atoms with E-state index in [1.807, 2.05) is 11.8 Å². The van der Waals surface area contributed by atoms with Crippen LogP contribution in [-0.2, 0) is 11.2 Å². The van der Waals surface area contributed by atoms with Crippen LogP contribution in [0.5, 0.6) is 0 Å². The highest BCUT2D eigenvalue weighted by Gasteiger charge is 2.24. The molecule has 0 saturated carbocycles. The number of nitriles is 1. The monoisotopic (exact) mass is 289 g/mol. The van der Waals surface area contributed by atoms with E-state index in [0.717, 1.165) is 25.1 Å². The molecule has 1 atom stereocenters. The van der Waals surface area contributed by atoms with Crippen molar-refractivity contribution in [3.63, 3.8) is 0 Å². The smallest absolute Gasteiger partial charge is 0.227 e. The maximum Gasteiger partial charge on any atom is 0.227 e. The molecule has 0 N–H and O–H groups in total. The largest absolute Gasteiger partial charge is 0.340 e. The summed E-state index contributed by atoms with van der Waals surface area (Å²) in [6.07, 6.45) is 1.11. The predicted molar refractivity (Wildman–Crippen MR) is 77.9 cm³/mol. The zero-order valence-corrected chi connectivity index (χ0v) is 12.3. The van der Waals surface area contributed by atoms with Crippen molar-refractivity contribution in [3.05, 3.63) is 35.6 Å². The maximum atomic E-state index is 12.8. The van der Waals surface area contributed by atoms with Gasteiger partial charge in [-0.1, -0.05) is 19.1 Å². The highest BCUT2D eigenvalue weighted by Crippen LogP contribution is 2.11. The fraction of sp³-hybridized carbons (Fsp3) is 0.500. The predicted octanol–water partition coefficient (Wildman–Crippen LogP) is 1.81. The third-order valence-corrected chi connectivity index (χ3v) is 3.91. The van der Waals surface area contributed by atoms with Crippen LogP contribution in [0.2, 0.25) is 0 Å². The summed E-state index contributed by atoms with van der Waals surface area (Å²) in [5.41, 5.74) is 0.826. The molecule has 1 heterocycles. The summed E-state index contributed by atoms with van der Waals surface area (Å²) >= 11 is 0. The van der Waals surface area contributed by atoms with E-state index in [1.165, 1.54) is 12.1 Å². The molecular formula is C16H20FN3O. The molecule has 0 radical (unpaired) electrons. The van der Waals surface area contributed by atoms with Gasteiger partial charge in [-0.05, 0) is 24.1 Å². The molecule has 112 valence electrons. The topological polar surface area (TPSA) is 47.3 Å². The van der Waals surface area contributed by atoms with Crippen molar-refractivity contribution in [1.29, 1.82) is 5.26 Å². The van der Waals surface area contributed by atoms with Gasteiger partial charge in [-0.15, -0.1) is 0 Å². The van der Waals surface area contributed by atoms with Crippen molar-refractivity contribution in [2.45, 2.75) is 25.8 Å². The molecule has 1 aliphatic heterocycles. The third kappa shape index (κ3) is 4.02. The van der Waals surface area contributed by atoms with Gasteiger partial charge in [0.25, 0.3) is 0 Å². The van der Waals surface area contributed by atoms with E-state index < -0.39 is 0 Å². The summed E-state index contributed by atoms with van der Waals surface area (Å²) < 4.78 is 12.8. The first-order valence-electron chi connectivity index (χ1n) is 7.30. The summed E-state index contributed by atoms with van der Waals surface area (Å²) in [6, 6.07) is 8.28. The molecule has 1 aromatic rings. The van der Waals surface area contributed by atoms with Gasteiger partial charge >= 0.3 is 0 Å². The van der Waals surface area contributed by atoms with Crippen LogP contribution in [0.4, 0.5) is 4.39 Å². The quantitative estimate of drug-likeness (QED) is 0.849. The van der Waals surface area contributed by atoms with Crippen molar-refractivity contribution >= 4 is 5.91 Å². The van der Waals surface area contributed by atoms with E-state index in [0.29, 0.717) is 19.5 Å². The molecule has 0 aliphatic carbocycles. The minimum Gasteiger partial charge on any atom is -0.340 e. The van der Waals surface area contributed by atoms with E-state index >= 15 is 0 Å². The number of piperazine rings is 1. The second kappa shape index (κ2) is 7.19. The Hall–Kier alpha value is -1.93. The summed E-state index contributed by atoms with van der Waals surface area (Å²) in [7, 11) is 0. The number of carbonyl (C=O) groups excluding carboxylic acids is 1. The van der Waals surface area contributed by atoms with Crippen molar-refractivity contribution in [3.8, 4) is 6.07 Å². The molecule has 0 aromatic heterocycles. The van der Waals surface area contributed by atoms with E-state index in [4.69, 9.17) is 5.26 Å². The number of hydrogen-bond donors (Lipinski definition) is 0. The fourth-order valence-electron chi connectivity index (χ4n) is 2.60.